The quantitative estimate of drug-likeness (QED) is 0.921. The molecule has 1 aromatic heterocycles. The number of nitrogen functional groups attached to an aromatic ring is 1. The van der Waals surface area contributed by atoms with Gasteiger partial charge in [-0.1, -0.05) is 19.4 Å². The summed E-state index contributed by atoms with van der Waals surface area (Å²) >= 11 is 0. The second-order valence-corrected chi connectivity index (χ2v) is 4.60. The van der Waals surface area contributed by atoms with Gasteiger partial charge in [-0.05, 0) is 24.6 Å². The fourth-order valence-corrected chi connectivity index (χ4v) is 2.21. The third-order valence-electron chi connectivity index (χ3n) is 3.13. The molecule has 0 aliphatic heterocycles. The number of aryl methyl sites for hydroxylation is 2. The monoisotopic (exact) mass is 262 g/mol. The van der Waals surface area contributed by atoms with Gasteiger partial charge in [-0.2, -0.15) is 5.10 Å². The minimum Gasteiger partial charge on any atom is -0.394 e. The van der Waals surface area contributed by atoms with Crippen molar-refractivity contribution in [2.45, 2.75) is 19.8 Å². The highest BCUT2D eigenvalue weighted by atomic mass is 19.1. The van der Waals surface area contributed by atoms with Crippen molar-refractivity contribution >= 4 is 17.2 Å². The number of hydrogen-bond donors (Lipinski definition) is 1. The predicted molar refractivity (Wildman–Crippen MR) is 76.1 cm³/mol. The van der Waals surface area contributed by atoms with Crippen molar-refractivity contribution in [1.82, 2.24) is 9.78 Å². The molecule has 1 aromatic carbocycles. The highest BCUT2D eigenvalue weighted by Gasteiger charge is 2.17. The normalized spacial score (nSPS) is 10.7. The van der Waals surface area contributed by atoms with Crippen molar-refractivity contribution in [3.63, 3.8) is 0 Å². The van der Waals surface area contributed by atoms with Crippen LogP contribution in [0.15, 0.2) is 24.3 Å². The zero-order valence-electron chi connectivity index (χ0n) is 11.5. The zero-order valence-corrected chi connectivity index (χ0v) is 11.5. The summed E-state index contributed by atoms with van der Waals surface area (Å²) in [5, 5.41) is 4.43. The molecule has 102 valence electrons. The molecular formula is C14H19FN4. The lowest BCUT2D eigenvalue weighted by molar-refractivity contribution is 0.627. The van der Waals surface area contributed by atoms with E-state index in [2.05, 4.69) is 12.0 Å². The molecule has 0 aliphatic carbocycles. The molecule has 0 saturated carbocycles. The van der Waals surface area contributed by atoms with Crippen LogP contribution in [0, 0.1) is 5.82 Å². The zero-order chi connectivity index (χ0) is 14.0. The summed E-state index contributed by atoms with van der Waals surface area (Å²) in [6.07, 6.45) is 1.83. The van der Waals surface area contributed by atoms with Gasteiger partial charge >= 0.3 is 0 Å². The van der Waals surface area contributed by atoms with E-state index in [0.29, 0.717) is 5.69 Å². The first-order valence-corrected chi connectivity index (χ1v) is 6.35. The lowest BCUT2D eigenvalue weighted by atomic mass is 10.2. The Kier molecular flexibility index (Phi) is 3.74. The molecular weight excluding hydrogens is 243 g/mol. The molecule has 0 amide bonds. The molecule has 1 heterocycles. The van der Waals surface area contributed by atoms with Gasteiger partial charge in [0.1, 0.15) is 5.82 Å². The Morgan fingerprint density at radius 3 is 2.79 bits per heavy atom. The maximum atomic E-state index is 13.3. The van der Waals surface area contributed by atoms with Gasteiger partial charge in [-0.25, -0.2) is 4.39 Å². The third-order valence-corrected chi connectivity index (χ3v) is 3.13. The van der Waals surface area contributed by atoms with E-state index < -0.39 is 0 Å². The van der Waals surface area contributed by atoms with Crippen LogP contribution in [0.25, 0.3) is 0 Å². The Morgan fingerprint density at radius 2 is 2.16 bits per heavy atom. The van der Waals surface area contributed by atoms with Crippen LogP contribution in [-0.4, -0.2) is 16.8 Å². The standard InChI is InChI=1S/C14H19FN4/c1-4-6-12-13(16)14(19(3)17-12)18(2)11-8-5-7-10(15)9-11/h5,7-9H,4,6,16H2,1-3H3. The van der Waals surface area contributed by atoms with Crippen LogP contribution in [-0.2, 0) is 13.5 Å². The molecule has 2 aromatic rings. The number of halogens is 1. The summed E-state index contributed by atoms with van der Waals surface area (Å²) in [6, 6.07) is 6.42. The van der Waals surface area contributed by atoms with Gasteiger partial charge in [0, 0.05) is 19.8 Å². The van der Waals surface area contributed by atoms with Gasteiger partial charge in [-0.15, -0.1) is 0 Å². The van der Waals surface area contributed by atoms with Crippen LogP contribution in [0.4, 0.5) is 21.6 Å². The molecule has 0 radical (unpaired) electrons. The number of nitrogens with zero attached hydrogens (tertiary/aromatic N) is 3. The number of rotatable bonds is 4. The molecule has 2 N–H and O–H groups in total. The fourth-order valence-electron chi connectivity index (χ4n) is 2.21. The topological polar surface area (TPSA) is 47.1 Å². The molecule has 4 nitrogen and oxygen atoms in total. The van der Waals surface area contributed by atoms with Gasteiger partial charge in [0.05, 0.1) is 11.4 Å². The van der Waals surface area contributed by atoms with Crippen LogP contribution < -0.4 is 10.6 Å². The SMILES string of the molecule is CCCc1nn(C)c(N(C)c2cccc(F)c2)c1N. The molecule has 0 fully saturated rings. The fraction of sp³-hybridized carbons (Fsp3) is 0.357. The molecule has 0 saturated heterocycles. The van der Waals surface area contributed by atoms with Crippen molar-refractivity contribution in [1.29, 1.82) is 0 Å². The van der Waals surface area contributed by atoms with E-state index in [0.717, 1.165) is 30.0 Å². The Hall–Kier alpha value is -2.04. The van der Waals surface area contributed by atoms with Crippen molar-refractivity contribution in [2.24, 2.45) is 7.05 Å². The average Bonchev–Trinajstić information content (AvgIpc) is 2.64. The molecule has 0 atom stereocenters. The number of benzene rings is 1. The average molecular weight is 262 g/mol. The maximum absolute atomic E-state index is 13.3. The minimum absolute atomic E-state index is 0.265. The first-order valence-electron chi connectivity index (χ1n) is 6.35. The van der Waals surface area contributed by atoms with Crippen LogP contribution in [0.3, 0.4) is 0 Å². The van der Waals surface area contributed by atoms with Crippen LogP contribution in [0.1, 0.15) is 19.0 Å². The lowest BCUT2D eigenvalue weighted by Gasteiger charge is -2.20. The van der Waals surface area contributed by atoms with Crippen LogP contribution in [0.5, 0.6) is 0 Å². The Morgan fingerprint density at radius 1 is 1.42 bits per heavy atom. The first-order chi connectivity index (χ1) is 9.04. The van der Waals surface area contributed by atoms with Crippen molar-refractivity contribution < 1.29 is 4.39 Å². The van der Waals surface area contributed by atoms with Crippen molar-refractivity contribution in [2.75, 3.05) is 17.7 Å². The summed E-state index contributed by atoms with van der Waals surface area (Å²) < 4.78 is 15.0. The van der Waals surface area contributed by atoms with Crippen molar-refractivity contribution in [3.05, 3.63) is 35.8 Å². The first kappa shape index (κ1) is 13.4. The van der Waals surface area contributed by atoms with Gasteiger partial charge in [0.2, 0.25) is 0 Å². The van der Waals surface area contributed by atoms with E-state index in [-0.39, 0.29) is 5.82 Å². The van der Waals surface area contributed by atoms with Gasteiger partial charge in [0.15, 0.2) is 5.82 Å². The lowest BCUT2D eigenvalue weighted by Crippen LogP contribution is -2.15. The second kappa shape index (κ2) is 5.30. The number of hydrogen-bond acceptors (Lipinski definition) is 3. The molecule has 2 rings (SSSR count). The number of aromatic nitrogens is 2. The Labute approximate surface area is 112 Å². The Balaban J connectivity index is 2.41. The molecule has 0 bridgehead atoms. The maximum Gasteiger partial charge on any atom is 0.154 e. The van der Waals surface area contributed by atoms with Gasteiger partial charge in [-0.3, -0.25) is 4.68 Å². The second-order valence-electron chi connectivity index (χ2n) is 4.60. The van der Waals surface area contributed by atoms with Crippen molar-refractivity contribution in [3.8, 4) is 0 Å². The van der Waals surface area contributed by atoms with Crippen LogP contribution in [0.2, 0.25) is 0 Å². The summed E-state index contributed by atoms with van der Waals surface area (Å²) in [7, 11) is 3.71. The van der Waals surface area contributed by atoms with Gasteiger partial charge < -0.3 is 10.6 Å². The summed E-state index contributed by atoms with van der Waals surface area (Å²) in [5.41, 5.74) is 8.45. The smallest absolute Gasteiger partial charge is 0.154 e. The third kappa shape index (κ3) is 2.54. The largest absolute Gasteiger partial charge is 0.394 e. The van der Waals surface area contributed by atoms with E-state index >= 15 is 0 Å². The van der Waals surface area contributed by atoms with E-state index in [1.54, 1.807) is 10.7 Å². The van der Waals surface area contributed by atoms with Gasteiger partial charge in [0.25, 0.3) is 0 Å². The molecule has 0 unspecified atom stereocenters. The number of anilines is 3. The predicted octanol–water partition coefficient (Wildman–Crippen LogP) is 2.86. The van der Waals surface area contributed by atoms with E-state index in [1.807, 2.05) is 25.1 Å². The highest BCUT2D eigenvalue weighted by Crippen LogP contribution is 2.31. The summed E-state index contributed by atoms with van der Waals surface area (Å²) in [6.45, 7) is 2.09. The molecule has 0 spiro atoms. The molecule has 19 heavy (non-hydrogen) atoms. The molecule has 5 heteroatoms. The highest BCUT2D eigenvalue weighted by molar-refractivity contribution is 5.73. The Bertz CT molecular complexity index is 577. The van der Waals surface area contributed by atoms with E-state index in [9.17, 15) is 4.39 Å². The minimum atomic E-state index is -0.265. The van der Waals surface area contributed by atoms with Crippen LogP contribution >= 0.6 is 0 Å². The van der Waals surface area contributed by atoms with E-state index in [4.69, 9.17) is 5.73 Å². The summed E-state index contributed by atoms with van der Waals surface area (Å²) in [5.74, 6) is 0.521. The van der Waals surface area contributed by atoms with E-state index in [1.165, 1.54) is 12.1 Å². The summed E-state index contributed by atoms with van der Waals surface area (Å²) in [4.78, 5) is 1.85. The number of nitrogens with two attached hydrogens (primary N) is 1. The molecule has 0 aliphatic rings.